The summed E-state index contributed by atoms with van der Waals surface area (Å²) in [6.45, 7) is 2.02. The minimum absolute atomic E-state index is 0.0775. The minimum atomic E-state index is -0.0775. The fraction of sp³-hybridized carbons (Fsp3) is 0.182. The maximum absolute atomic E-state index is 12.2. The summed E-state index contributed by atoms with van der Waals surface area (Å²) in [6, 6.07) is 17.1. The van der Waals surface area contributed by atoms with Crippen molar-refractivity contribution in [1.82, 2.24) is 4.98 Å². The number of benzene rings is 2. The number of carbonyl (C=O) groups excluding carboxylic acids is 1. The molecule has 2 N–H and O–H groups in total. The number of aromatic nitrogens is 1. The molecule has 0 fully saturated rings. The van der Waals surface area contributed by atoms with E-state index in [9.17, 15) is 4.79 Å². The predicted molar refractivity (Wildman–Crippen MR) is 111 cm³/mol. The first kappa shape index (κ1) is 19.2. The maximum Gasteiger partial charge on any atom is 0.228 e. The predicted octanol–water partition coefficient (Wildman–Crippen LogP) is 4.33. The molecule has 0 aliphatic rings. The molecule has 0 spiro atoms. The molecule has 1 amide bonds. The molecule has 0 bridgehead atoms. The number of hydrogen-bond acceptors (Lipinski definition) is 5. The largest absolute Gasteiger partial charge is 0.493 e. The molecule has 0 radical (unpaired) electrons. The van der Waals surface area contributed by atoms with E-state index in [4.69, 9.17) is 9.47 Å². The Labute approximate surface area is 164 Å². The second kappa shape index (κ2) is 8.90. The molecular formula is C22H23N3O3. The van der Waals surface area contributed by atoms with Crippen molar-refractivity contribution in [3.05, 3.63) is 71.9 Å². The lowest BCUT2D eigenvalue weighted by Gasteiger charge is -2.11. The summed E-state index contributed by atoms with van der Waals surface area (Å²) in [4.78, 5) is 16.5. The summed E-state index contributed by atoms with van der Waals surface area (Å²) in [7, 11) is 3.19. The van der Waals surface area contributed by atoms with Crippen LogP contribution in [0.2, 0.25) is 0 Å². The molecule has 1 heterocycles. The molecule has 0 atom stereocenters. The number of carbonyl (C=O) groups is 1. The van der Waals surface area contributed by atoms with E-state index in [2.05, 4.69) is 15.6 Å². The van der Waals surface area contributed by atoms with Crippen LogP contribution in [0.5, 0.6) is 11.5 Å². The lowest BCUT2D eigenvalue weighted by atomic mass is 10.1. The van der Waals surface area contributed by atoms with Gasteiger partial charge in [0.15, 0.2) is 11.5 Å². The molecule has 1 aromatic heterocycles. The van der Waals surface area contributed by atoms with Gasteiger partial charge in [-0.05, 0) is 36.8 Å². The number of amides is 1. The molecule has 144 valence electrons. The van der Waals surface area contributed by atoms with Crippen LogP contribution < -0.4 is 20.1 Å². The van der Waals surface area contributed by atoms with Gasteiger partial charge in [-0.25, -0.2) is 4.98 Å². The Hall–Kier alpha value is -3.54. The van der Waals surface area contributed by atoms with Gasteiger partial charge >= 0.3 is 0 Å². The van der Waals surface area contributed by atoms with Crippen molar-refractivity contribution in [3.63, 3.8) is 0 Å². The van der Waals surface area contributed by atoms with Crippen molar-refractivity contribution >= 4 is 23.1 Å². The van der Waals surface area contributed by atoms with Crippen molar-refractivity contribution in [1.29, 1.82) is 0 Å². The summed E-state index contributed by atoms with van der Waals surface area (Å²) in [5.41, 5.74) is 3.62. The van der Waals surface area contributed by atoms with Crippen LogP contribution in [-0.4, -0.2) is 25.1 Å². The number of nitrogens with zero attached hydrogens (tertiary/aromatic N) is 1. The van der Waals surface area contributed by atoms with Crippen molar-refractivity contribution < 1.29 is 14.3 Å². The number of aryl methyl sites for hydroxylation is 1. The maximum atomic E-state index is 12.2. The Morgan fingerprint density at radius 3 is 2.29 bits per heavy atom. The van der Waals surface area contributed by atoms with E-state index in [1.54, 1.807) is 26.5 Å². The lowest BCUT2D eigenvalue weighted by Crippen LogP contribution is -2.14. The molecule has 0 saturated heterocycles. The van der Waals surface area contributed by atoms with E-state index >= 15 is 0 Å². The Bertz CT molecular complexity index is 938. The first-order valence-corrected chi connectivity index (χ1v) is 8.88. The highest BCUT2D eigenvalue weighted by atomic mass is 16.5. The van der Waals surface area contributed by atoms with Gasteiger partial charge in [-0.3, -0.25) is 4.79 Å². The van der Waals surface area contributed by atoms with Gasteiger partial charge in [0.25, 0.3) is 0 Å². The van der Waals surface area contributed by atoms with Crippen LogP contribution in [0.4, 0.5) is 17.2 Å². The molecular weight excluding hydrogens is 354 g/mol. The van der Waals surface area contributed by atoms with E-state index in [0.717, 1.165) is 11.3 Å². The van der Waals surface area contributed by atoms with E-state index in [1.165, 1.54) is 5.56 Å². The molecule has 3 rings (SSSR count). The molecule has 2 aromatic carbocycles. The first-order chi connectivity index (χ1) is 13.6. The Morgan fingerprint density at radius 2 is 1.64 bits per heavy atom. The summed E-state index contributed by atoms with van der Waals surface area (Å²) in [5, 5.41) is 6.06. The van der Waals surface area contributed by atoms with E-state index < -0.39 is 0 Å². The summed E-state index contributed by atoms with van der Waals surface area (Å²) < 4.78 is 10.5. The van der Waals surface area contributed by atoms with Gasteiger partial charge in [-0.2, -0.15) is 0 Å². The molecule has 6 heteroatoms. The highest BCUT2D eigenvalue weighted by Gasteiger charge is 2.07. The third kappa shape index (κ3) is 5.01. The second-order valence-corrected chi connectivity index (χ2v) is 6.34. The standard InChI is InChI=1S/C22H23N3O3/c1-15-4-6-16(7-5-15)12-22(26)25-18-9-11-21(23-14-18)24-17-8-10-19(27-2)20(13-17)28-3/h4-11,13-14H,12H2,1-3H3,(H,23,24)(H,25,26). The van der Waals surface area contributed by atoms with Crippen molar-refractivity contribution in [2.45, 2.75) is 13.3 Å². The fourth-order valence-corrected chi connectivity index (χ4v) is 2.70. The molecule has 0 aliphatic carbocycles. The average molecular weight is 377 g/mol. The third-order valence-electron chi connectivity index (χ3n) is 4.19. The van der Waals surface area contributed by atoms with E-state index in [1.807, 2.05) is 55.5 Å². The van der Waals surface area contributed by atoms with Crippen LogP contribution in [-0.2, 0) is 11.2 Å². The minimum Gasteiger partial charge on any atom is -0.493 e. The number of anilines is 3. The third-order valence-corrected chi connectivity index (χ3v) is 4.19. The molecule has 3 aromatic rings. The number of ether oxygens (including phenoxy) is 2. The van der Waals surface area contributed by atoms with Crippen molar-refractivity contribution in [3.8, 4) is 11.5 Å². The van der Waals surface area contributed by atoms with Gasteiger partial charge in [0.05, 0.1) is 32.5 Å². The highest BCUT2D eigenvalue weighted by Crippen LogP contribution is 2.30. The van der Waals surface area contributed by atoms with Gasteiger partial charge < -0.3 is 20.1 Å². The highest BCUT2D eigenvalue weighted by molar-refractivity contribution is 5.92. The Balaban J connectivity index is 1.60. The zero-order valence-corrected chi connectivity index (χ0v) is 16.2. The van der Waals surface area contributed by atoms with Gasteiger partial charge in [0.2, 0.25) is 5.91 Å². The topological polar surface area (TPSA) is 72.5 Å². The van der Waals surface area contributed by atoms with Crippen LogP contribution in [0.15, 0.2) is 60.8 Å². The molecule has 28 heavy (non-hydrogen) atoms. The first-order valence-electron chi connectivity index (χ1n) is 8.88. The summed E-state index contributed by atoms with van der Waals surface area (Å²) in [6.07, 6.45) is 1.95. The molecule has 0 saturated carbocycles. The zero-order valence-electron chi connectivity index (χ0n) is 16.2. The van der Waals surface area contributed by atoms with Crippen LogP contribution in [0, 0.1) is 6.92 Å². The van der Waals surface area contributed by atoms with Gasteiger partial charge in [-0.1, -0.05) is 29.8 Å². The van der Waals surface area contributed by atoms with Crippen LogP contribution in [0.3, 0.4) is 0 Å². The number of pyridine rings is 1. The number of hydrogen-bond donors (Lipinski definition) is 2. The number of nitrogens with one attached hydrogen (secondary N) is 2. The van der Waals surface area contributed by atoms with Gasteiger partial charge in [0, 0.05) is 11.8 Å². The summed E-state index contributed by atoms with van der Waals surface area (Å²) in [5.74, 6) is 1.87. The Morgan fingerprint density at radius 1 is 0.929 bits per heavy atom. The SMILES string of the molecule is COc1ccc(Nc2ccc(NC(=O)Cc3ccc(C)cc3)cn2)cc1OC. The monoisotopic (exact) mass is 377 g/mol. The molecule has 6 nitrogen and oxygen atoms in total. The summed E-state index contributed by atoms with van der Waals surface area (Å²) >= 11 is 0. The fourth-order valence-electron chi connectivity index (χ4n) is 2.70. The van der Waals surface area contributed by atoms with Crippen molar-refractivity contribution in [2.24, 2.45) is 0 Å². The number of methoxy groups -OCH3 is 2. The average Bonchev–Trinajstić information content (AvgIpc) is 2.71. The second-order valence-electron chi connectivity index (χ2n) is 6.34. The van der Waals surface area contributed by atoms with Crippen molar-refractivity contribution in [2.75, 3.05) is 24.9 Å². The quantitative estimate of drug-likeness (QED) is 0.641. The lowest BCUT2D eigenvalue weighted by molar-refractivity contribution is -0.115. The van der Waals surface area contributed by atoms with Gasteiger partial charge in [0.1, 0.15) is 5.82 Å². The smallest absolute Gasteiger partial charge is 0.228 e. The molecule has 0 aliphatic heterocycles. The van der Waals surface area contributed by atoms with E-state index in [-0.39, 0.29) is 5.91 Å². The van der Waals surface area contributed by atoms with Crippen LogP contribution in [0.25, 0.3) is 0 Å². The van der Waals surface area contributed by atoms with E-state index in [0.29, 0.717) is 29.4 Å². The molecule has 0 unspecified atom stereocenters. The Kier molecular flexibility index (Phi) is 6.11. The normalized spacial score (nSPS) is 10.2. The van der Waals surface area contributed by atoms with Gasteiger partial charge in [-0.15, -0.1) is 0 Å². The number of rotatable bonds is 7. The van der Waals surface area contributed by atoms with Crippen LogP contribution in [0.1, 0.15) is 11.1 Å². The zero-order chi connectivity index (χ0) is 19.9. The van der Waals surface area contributed by atoms with Crippen LogP contribution >= 0.6 is 0 Å².